The third kappa shape index (κ3) is 6.75. The summed E-state index contributed by atoms with van der Waals surface area (Å²) < 4.78 is 0. The second kappa shape index (κ2) is 9.12. The Balaban J connectivity index is 0.00000324. The Morgan fingerprint density at radius 3 is 2.68 bits per heavy atom. The predicted molar refractivity (Wildman–Crippen MR) is 77.2 cm³/mol. The largest absolute Gasteiger partial charge is 0.355 e. The van der Waals surface area contributed by atoms with Crippen LogP contribution in [0.3, 0.4) is 0 Å². The lowest BCUT2D eigenvalue weighted by atomic mass is 10.3. The molecular weight excluding hydrogens is 268 g/mol. The maximum absolute atomic E-state index is 11.9. The zero-order chi connectivity index (χ0) is 13.5. The summed E-state index contributed by atoms with van der Waals surface area (Å²) in [7, 11) is 1.66. The molecule has 1 aliphatic heterocycles. The van der Waals surface area contributed by atoms with E-state index in [-0.39, 0.29) is 36.8 Å². The van der Waals surface area contributed by atoms with Crippen molar-refractivity contribution in [3.05, 3.63) is 0 Å². The van der Waals surface area contributed by atoms with Crippen molar-refractivity contribution in [2.75, 3.05) is 39.8 Å². The van der Waals surface area contributed by atoms with Gasteiger partial charge >= 0.3 is 0 Å². The van der Waals surface area contributed by atoms with Crippen molar-refractivity contribution in [1.29, 1.82) is 0 Å². The van der Waals surface area contributed by atoms with Gasteiger partial charge < -0.3 is 16.0 Å². The van der Waals surface area contributed by atoms with E-state index in [9.17, 15) is 9.59 Å². The molecule has 0 spiro atoms. The Kier molecular flexibility index (Phi) is 8.71. The van der Waals surface area contributed by atoms with Gasteiger partial charge in [-0.25, -0.2) is 0 Å². The van der Waals surface area contributed by atoms with Crippen molar-refractivity contribution in [1.82, 2.24) is 15.1 Å². The average molecular weight is 293 g/mol. The second-order valence-electron chi connectivity index (χ2n) is 4.88. The van der Waals surface area contributed by atoms with Crippen molar-refractivity contribution < 1.29 is 9.59 Å². The average Bonchev–Trinajstić information content (AvgIpc) is 2.72. The first-order valence-electron chi connectivity index (χ1n) is 6.51. The Morgan fingerprint density at radius 2 is 2.16 bits per heavy atom. The molecule has 0 saturated carbocycles. The Labute approximate surface area is 121 Å². The normalized spacial score (nSPS) is 18.8. The van der Waals surface area contributed by atoms with Crippen molar-refractivity contribution >= 4 is 24.2 Å². The van der Waals surface area contributed by atoms with Gasteiger partial charge in [0.25, 0.3) is 0 Å². The number of nitrogens with one attached hydrogen (secondary N) is 1. The fourth-order valence-electron chi connectivity index (χ4n) is 1.94. The first kappa shape index (κ1) is 18.1. The highest BCUT2D eigenvalue weighted by molar-refractivity contribution is 5.85. The summed E-state index contributed by atoms with van der Waals surface area (Å²) in [6, 6.07) is 0.177. The molecule has 6 nitrogen and oxygen atoms in total. The zero-order valence-corrected chi connectivity index (χ0v) is 12.5. The van der Waals surface area contributed by atoms with Crippen LogP contribution in [0, 0.1) is 0 Å². The van der Waals surface area contributed by atoms with Crippen LogP contribution in [0.4, 0.5) is 0 Å². The fraction of sp³-hybridized carbons (Fsp3) is 0.833. The lowest BCUT2D eigenvalue weighted by molar-refractivity contribution is -0.135. The lowest BCUT2D eigenvalue weighted by Crippen LogP contribution is -2.43. The molecule has 2 amide bonds. The summed E-state index contributed by atoms with van der Waals surface area (Å²) in [5, 5.41) is 2.75. The lowest BCUT2D eigenvalue weighted by Gasteiger charge is -2.21. The third-order valence-corrected chi connectivity index (χ3v) is 3.05. The third-order valence-electron chi connectivity index (χ3n) is 3.05. The minimum atomic E-state index is -0.106. The second-order valence-corrected chi connectivity index (χ2v) is 4.88. The summed E-state index contributed by atoms with van der Waals surface area (Å²) in [6.45, 7) is 4.75. The molecule has 0 aromatic heterocycles. The molecule has 7 heteroatoms. The Hall–Kier alpha value is -0.850. The standard InChI is InChI=1S/C12H24N4O2.ClH/c1-3-5-14-11(17)8-15(2)12(18)9-16-6-4-10(13)7-16;/h10H,3-9,13H2,1-2H3,(H,14,17);1H/t10-;/m0./s1. The monoisotopic (exact) mass is 292 g/mol. The zero-order valence-electron chi connectivity index (χ0n) is 11.7. The molecule has 0 unspecified atom stereocenters. The fourth-order valence-corrected chi connectivity index (χ4v) is 1.94. The van der Waals surface area contributed by atoms with Crippen molar-refractivity contribution in [3.8, 4) is 0 Å². The molecule has 0 aliphatic carbocycles. The number of nitrogens with zero attached hydrogens (tertiary/aromatic N) is 2. The molecule has 3 N–H and O–H groups in total. The molecular formula is C12H25ClN4O2. The first-order valence-corrected chi connectivity index (χ1v) is 6.51. The van der Waals surface area contributed by atoms with E-state index in [0.29, 0.717) is 13.1 Å². The number of nitrogens with two attached hydrogens (primary N) is 1. The van der Waals surface area contributed by atoms with Gasteiger partial charge in [-0.3, -0.25) is 14.5 Å². The minimum absolute atomic E-state index is 0. The molecule has 1 rings (SSSR count). The minimum Gasteiger partial charge on any atom is -0.355 e. The summed E-state index contributed by atoms with van der Waals surface area (Å²) in [5.41, 5.74) is 5.78. The van der Waals surface area contributed by atoms with Crippen LogP contribution >= 0.6 is 12.4 Å². The maximum Gasteiger partial charge on any atom is 0.239 e. The number of halogens is 1. The molecule has 0 aromatic carbocycles. The summed E-state index contributed by atoms with van der Waals surface area (Å²) in [6.07, 6.45) is 1.84. The number of likely N-dealkylation sites (N-methyl/N-ethyl adjacent to an activating group) is 1. The molecule has 1 aliphatic rings. The highest BCUT2D eigenvalue weighted by atomic mass is 35.5. The van der Waals surface area contributed by atoms with E-state index < -0.39 is 0 Å². The number of carbonyl (C=O) groups excluding carboxylic acids is 2. The summed E-state index contributed by atoms with van der Waals surface area (Å²) in [4.78, 5) is 26.8. The van der Waals surface area contributed by atoms with E-state index in [4.69, 9.17) is 5.73 Å². The Bertz CT molecular complexity index is 301. The van der Waals surface area contributed by atoms with E-state index in [1.165, 1.54) is 4.90 Å². The summed E-state index contributed by atoms with van der Waals surface area (Å²) in [5.74, 6) is -0.137. The van der Waals surface area contributed by atoms with Gasteiger partial charge in [-0.05, 0) is 12.8 Å². The van der Waals surface area contributed by atoms with E-state index in [0.717, 1.165) is 25.9 Å². The molecule has 1 fully saturated rings. The van der Waals surface area contributed by atoms with Crippen LogP contribution in [0.2, 0.25) is 0 Å². The quantitative estimate of drug-likeness (QED) is 0.687. The topological polar surface area (TPSA) is 78.7 Å². The first-order chi connectivity index (χ1) is 8.52. The van der Waals surface area contributed by atoms with Crippen molar-refractivity contribution in [2.45, 2.75) is 25.8 Å². The van der Waals surface area contributed by atoms with Gasteiger partial charge in [-0.2, -0.15) is 0 Å². The predicted octanol–water partition coefficient (Wildman–Crippen LogP) is -0.574. The Morgan fingerprint density at radius 1 is 1.47 bits per heavy atom. The van der Waals surface area contributed by atoms with Gasteiger partial charge in [0.1, 0.15) is 0 Å². The van der Waals surface area contributed by atoms with Gasteiger partial charge in [0.2, 0.25) is 11.8 Å². The number of carbonyl (C=O) groups is 2. The highest BCUT2D eigenvalue weighted by Crippen LogP contribution is 2.06. The van der Waals surface area contributed by atoms with Crippen LogP contribution in [0.1, 0.15) is 19.8 Å². The number of hydrogen-bond donors (Lipinski definition) is 2. The molecule has 1 atom stereocenters. The van der Waals surface area contributed by atoms with Gasteiger partial charge in [0.15, 0.2) is 0 Å². The summed E-state index contributed by atoms with van der Waals surface area (Å²) >= 11 is 0. The highest BCUT2D eigenvalue weighted by Gasteiger charge is 2.22. The van der Waals surface area contributed by atoms with Crippen molar-refractivity contribution in [2.24, 2.45) is 5.73 Å². The van der Waals surface area contributed by atoms with Gasteiger partial charge in [-0.1, -0.05) is 6.92 Å². The van der Waals surface area contributed by atoms with Gasteiger partial charge in [0.05, 0.1) is 13.1 Å². The molecule has 0 aromatic rings. The van der Waals surface area contributed by atoms with Crippen LogP contribution in [0.5, 0.6) is 0 Å². The molecule has 1 saturated heterocycles. The number of likely N-dealkylation sites (tertiary alicyclic amines) is 1. The van der Waals surface area contributed by atoms with Crippen LogP contribution in [0.15, 0.2) is 0 Å². The number of hydrogen-bond acceptors (Lipinski definition) is 4. The van der Waals surface area contributed by atoms with E-state index >= 15 is 0 Å². The number of amides is 2. The molecule has 0 radical (unpaired) electrons. The smallest absolute Gasteiger partial charge is 0.239 e. The van der Waals surface area contributed by atoms with Crippen LogP contribution in [0.25, 0.3) is 0 Å². The van der Waals surface area contributed by atoms with Crippen LogP contribution in [-0.2, 0) is 9.59 Å². The van der Waals surface area contributed by atoms with E-state index in [1.807, 2.05) is 11.8 Å². The molecule has 0 bridgehead atoms. The van der Waals surface area contributed by atoms with E-state index in [1.54, 1.807) is 7.05 Å². The van der Waals surface area contributed by atoms with Gasteiger partial charge in [0, 0.05) is 32.7 Å². The van der Waals surface area contributed by atoms with E-state index in [2.05, 4.69) is 5.32 Å². The SMILES string of the molecule is CCCNC(=O)CN(C)C(=O)CN1CC[C@H](N)C1.Cl. The van der Waals surface area contributed by atoms with Crippen LogP contribution < -0.4 is 11.1 Å². The van der Waals surface area contributed by atoms with Gasteiger partial charge in [-0.15, -0.1) is 12.4 Å². The van der Waals surface area contributed by atoms with Crippen molar-refractivity contribution in [3.63, 3.8) is 0 Å². The number of rotatable bonds is 6. The maximum atomic E-state index is 11.9. The molecule has 19 heavy (non-hydrogen) atoms. The van der Waals surface area contributed by atoms with Crippen LogP contribution in [-0.4, -0.2) is 67.4 Å². The molecule has 1 heterocycles. The molecule has 112 valence electrons.